The number of hydrogen-bond donors (Lipinski definition) is 1. The molecule has 1 fully saturated rings. The van der Waals surface area contributed by atoms with Gasteiger partial charge >= 0.3 is 0 Å². The summed E-state index contributed by atoms with van der Waals surface area (Å²) in [6.07, 6.45) is 7.56. The monoisotopic (exact) mass is 137 g/mol. The molecule has 0 bridgehead atoms. The van der Waals surface area contributed by atoms with Gasteiger partial charge in [0.2, 0.25) is 0 Å². The van der Waals surface area contributed by atoms with E-state index in [1.54, 1.807) is 0 Å². The minimum atomic E-state index is 0.546. The van der Waals surface area contributed by atoms with Crippen molar-refractivity contribution in [2.75, 3.05) is 0 Å². The molecule has 1 heteroatoms. The maximum Gasteiger partial charge on any atom is 0.0250 e. The minimum absolute atomic E-state index is 0.546. The molecule has 0 radical (unpaired) electrons. The fourth-order valence-electron chi connectivity index (χ4n) is 1.42. The minimum Gasteiger partial charge on any atom is -0.307 e. The topological polar surface area (TPSA) is 12.0 Å². The van der Waals surface area contributed by atoms with E-state index in [2.05, 4.69) is 18.5 Å². The van der Waals surface area contributed by atoms with Crippen LogP contribution in [0.25, 0.3) is 0 Å². The summed E-state index contributed by atoms with van der Waals surface area (Å²) in [5.41, 5.74) is 0. The smallest absolute Gasteiger partial charge is 0.0250 e. The van der Waals surface area contributed by atoms with Crippen molar-refractivity contribution in [2.45, 2.75) is 31.3 Å². The van der Waals surface area contributed by atoms with Crippen LogP contribution in [-0.4, -0.2) is 12.1 Å². The number of nitrogens with one attached hydrogen (secondary N) is 1. The Bertz CT molecular complexity index is 129. The molecule has 56 valence electrons. The standard InChI is InChI=1S/C9H15N/c1-3-5-9-7-6-8(4-2)10-9/h3-4,8-10H,1-2,5-7H2. The molecular weight excluding hydrogens is 122 g/mol. The van der Waals surface area contributed by atoms with Gasteiger partial charge in [-0.05, 0) is 19.3 Å². The maximum atomic E-state index is 3.75. The highest BCUT2D eigenvalue weighted by atomic mass is 15.0. The summed E-state index contributed by atoms with van der Waals surface area (Å²) in [5.74, 6) is 0. The average Bonchev–Trinajstić information content (AvgIpc) is 2.37. The Labute approximate surface area is 62.8 Å². The SMILES string of the molecule is C=CCC1CCC(C=C)N1. The van der Waals surface area contributed by atoms with E-state index < -0.39 is 0 Å². The Morgan fingerprint density at radius 2 is 2.20 bits per heavy atom. The molecular formula is C9H15N. The van der Waals surface area contributed by atoms with Crippen molar-refractivity contribution in [2.24, 2.45) is 0 Å². The molecule has 0 spiro atoms. The van der Waals surface area contributed by atoms with Crippen molar-refractivity contribution in [3.8, 4) is 0 Å². The van der Waals surface area contributed by atoms with E-state index in [1.807, 2.05) is 12.2 Å². The van der Waals surface area contributed by atoms with Crippen LogP contribution in [0.4, 0.5) is 0 Å². The second-order valence-electron chi connectivity index (χ2n) is 2.81. The van der Waals surface area contributed by atoms with Gasteiger partial charge in [-0.15, -0.1) is 13.2 Å². The Kier molecular flexibility index (Phi) is 2.69. The van der Waals surface area contributed by atoms with E-state index in [9.17, 15) is 0 Å². The Morgan fingerprint density at radius 1 is 1.40 bits per heavy atom. The third-order valence-electron chi connectivity index (χ3n) is 2.01. The second kappa shape index (κ2) is 3.57. The van der Waals surface area contributed by atoms with Crippen molar-refractivity contribution in [3.63, 3.8) is 0 Å². The predicted molar refractivity (Wildman–Crippen MR) is 45.0 cm³/mol. The summed E-state index contributed by atoms with van der Waals surface area (Å²) in [6.45, 7) is 7.46. The van der Waals surface area contributed by atoms with Gasteiger partial charge in [0.25, 0.3) is 0 Å². The fourth-order valence-corrected chi connectivity index (χ4v) is 1.42. The van der Waals surface area contributed by atoms with E-state index >= 15 is 0 Å². The first kappa shape index (κ1) is 7.55. The summed E-state index contributed by atoms with van der Waals surface area (Å²) < 4.78 is 0. The second-order valence-corrected chi connectivity index (χ2v) is 2.81. The van der Waals surface area contributed by atoms with Crippen molar-refractivity contribution >= 4 is 0 Å². The molecule has 0 aromatic rings. The molecule has 0 amide bonds. The molecule has 0 aliphatic carbocycles. The van der Waals surface area contributed by atoms with Crippen molar-refractivity contribution in [3.05, 3.63) is 25.3 Å². The molecule has 2 atom stereocenters. The molecule has 1 aliphatic rings. The number of hydrogen-bond acceptors (Lipinski definition) is 1. The van der Waals surface area contributed by atoms with Crippen LogP contribution < -0.4 is 5.32 Å². The third-order valence-corrected chi connectivity index (χ3v) is 2.01. The van der Waals surface area contributed by atoms with Gasteiger partial charge in [0, 0.05) is 12.1 Å². The van der Waals surface area contributed by atoms with E-state index in [0.717, 1.165) is 6.42 Å². The van der Waals surface area contributed by atoms with Crippen molar-refractivity contribution < 1.29 is 0 Å². The molecule has 2 unspecified atom stereocenters. The van der Waals surface area contributed by atoms with Crippen LogP contribution in [0.15, 0.2) is 25.3 Å². The first-order chi connectivity index (χ1) is 4.86. The van der Waals surface area contributed by atoms with Gasteiger partial charge in [-0.1, -0.05) is 12.2 Å². The summed E-state index contributed by atoms with van der Waals surface area (Å²) in [4.78, 5) is 0. The van der Waals surface area contributed by atoms with Crippen LogP contribution in [0.2, 0.25) is 0 Å². The van der Waals surface area contributed by atoms with Gasteiger partial charge in [0.1, 0.15) is 0 Å². The first-order valence-corrected chi connectivity index (χ1v) is 3.86. The molecule has 0 saturated carbocycles. The van der Waals surface area contributed by atoms with Crippen molar-refractivity contribution in [1.29, 1.82) is 0 Å². The quantitative estimate of drug-likeness (QED) is 0.585. The lowest BCUT2D eigenvalue weighted by atomic mass is 10.1. The molecule has 1 nitrogen and oxygen atoms in total. The van der Waals surface area contributed by atoms with Crippen LogP contribution in [0.1, 0.15) is 19.3 Å². The zero-order valence-corrected chi connectivity index (χ0v) is 6.34. The van der Waals surface area contributed by atoms with Gasteiger partial charge in [-0.2, -0.15) is 0 Å². The molecule has 1 rings (SSSR count). The Morgan fingerprint density at radius 3 is 2.70 bits per heavy atom. The van der Waals surface area contributed by atoms with Gasteiger partial charge in [0.05, 0.1) is 0 Å². The van der Waals surface area contributed by atoms with Gasteiger partial charge in [-0.25, -0.2) is 0 Å². The van der Waals surface area contributed by atoms with Crippen LogP contribution in [0.5, 0.6) is 0 Å². The van der Waals surface area contributed by atoms with Crippen molar-refractivity contribution in [1.82, 2.24) is 5.32 Å². The molecule has 0 aromatic heterocycles. The van der Waals surface area contributed by atoms with Gasteiger partial charge in [0.15, 0.2) is 0 Å². The van der Waals surface area contributed by atoms with E-state index in [0.29, 0.717) is 12.1 Å². The summed E-state index contributed by atoms with van der Waals surface area (Å²) in [5, 5.41) is 3.45. The lowest BCUT2D eigenvalue weighted by Crippen LogP contribution is -2.26. The average molecular weight is 137 g/mol. The highest BCUT2D eigenvalue weighted by Gasteiger charge is 2.19. The largest absolute Gasteiger partial charge is 0.307 e. The van der Waals surface area contributed by atoms with E-state index in [1.165, 1.54) is 12.8 Å². The molecule has 1 heterocycles. The van der Waals surface area contributed by atoms with E-state index in [-0.39, 0.29) is 0 Å². The zero-order chi connectivity index (χ0) is 7.40. The molecule has 1 aliphatic heterocycles. The van der Waals surface area contributed by atoms with Crippen LogP contribution >= 0.6 is 0 Å². The first-order valence-electron chi connectivity index (χ1n) is 3.86. The Balaban J connectivity index is 2.27. The number of rotatable bonds is 3. The predicted octanol–water partition coefficient (Wildman–Crippen LogP) is 1.87. The normalized spacial score (nSPS) is 32.0. The molecule has 0 aromatic carbocycles. The maximum absolute atomic E-state index is 3.75. The molecule has 10 heavy (non-hydrogen) atoms. The Hall–Kier alpha value is -0.560. The molecule has 1 N–H and O–H groups in total. The lowest BCUT2D eigenvalue weighted by Gasteiger charge is -2.07. The molecule has 1 saturated heterocycles. The summed E-state index contributed by atoms with van der Waals surface area (Å²) in [6, 6.07) is 1.20. The summed E-state index contributed by atoms with van der Waals surface area (Å²) >= 11 is 0. The highest BCUT2D eigenvalue weighted by molar-refractivity contribution is 4.95. The third kappa shape index (κ3) is 1.71. The van der Waals surface area contributed by atoms with E-state index in [4.69, 9.17) is 0 Å². The lowest BCUT2D eigenvalue weighted by molar-refractivity contribution is 0.588. The van der Waals surface area contributed by atoms with Crippen LogP contribution in [-0.2, 0) is 0 Å². The van der Waals surface area contributed by atoms with Crippen LogP contribution in [0.3, 0.4) is 0 Å². The highest BCUT2D eigenvalue weighted by Crippen LogP contribution is 2.15. The van der Waals surface area contributed by atoms with Gasteiger partial charge < -0.3 is 5.32 Å². The summed E-state index contributed by atoms with van der Waals surface area (Å²) in [7, 11) is 0. The fraction of sp³-hybridized carbons (Fsp3) is 0.556. The van der Waals surface area contributed by atoms with Crippen LogP contribution in [0, 0.1) is 0 Å². The zero-order valence-electron chi connectivity index (χ0n) is 6.34. The van der Waals surface area contributed by atoms with Gasteiger partial charge in [-0.3, -0.25) is 0 Å².